The summed E-state index contributed by atoms with van der Waals surface area (Å²) in [4.78, 5) is 31.1. The van der Waals surface area contributed by atoms with Gasteiger partial charge >= 0.3 is 5.97 Å². The van der Waals surface area contributed by atoms with Crippen LogP contribution in [0, 0.1) is 0 Å². The predicted octanol–water partition coefficient (Wildman–Crippen LogP) is 5.84. The minimum atomic E-state index is -0.504. The van der Waals surface area contributed by atoms with Crippen molar-refractivity contribution < 1.29 is 14.3 Å². The first-order chi connectivity index (χ1) is 17.0. The molecule has 0 saturated heterocycles. The number of allylic oxidation sites excluding steroid dienone is 3. The molecule has 1 N–H and O–H groups in total. The highest BCUT2D eigenvalue weighted by molar-refractivity contribution is 6.30. The summed E-state index contributed by atoms with van der Waals surface area (Å²) in [5, 5.41) is 4.05. The Bertz CT molecular complexity index is 1320. The molecule has 1 aliphatic heterocycles. The smallest absolute Gasteiger partial charge is 0.337 e. The number of Topliss-reactive ketones (excluding diaryl/α,β-unsaturated/α-hetero) is 1. The summed E-state index contributed by atoms with van der Waals surface area (Å²) in [6.45, 7) is 2.03. The molecular weight excluding hydrogens is 460 g/mol. The van der Waals surface area contributed by atoms with Crippen LogP contribution in [0.2, 0.25) is 5.02 Å². The molecule has 176 valence electrons. The monoisotopic (exact) mass is 484 g/mol. The van der Waals surface area contributed by atoms with Crippen molar-refractivity contribution in [3.8, 4) is 0 Å². The van der Waals surface area contributed by atoms with Gasteiger partial charge in [-0.25, -0.2) is 4.79 Å². The normalized spacial score (nSPS) is 19.8. The lowest BCUT2D eigenvalue weighted by atomic mass is 9.72. The van der Waals surface area contributed by atoms with E-state index in [0.717, 1.165) is 22.4 Å². The highest BCUT2D eigenvalue weighted by Crippen LogP contribution is 2.45. The van der Waals surface area contributed by atoms with E-state index in [-0.39, 0.29) is 18.3 Å². The third-order valence-electron chi connectivity index (χ3n) is 6.64. The number of carbonyl (C=O) groups excluding carboxylic acids is 2. The van der Waals surface area contributed by atoms with Gasteiger partial charge in [0.25, 0.3) is 0 Å². The van der Waals surface area contributed by atoms with Gasteiger partial charge in [0.05, 0.1) is 5.57 Å². The lowest BCUT2D eigenvalue weighted by Gasteiger charge is -2.36. The average Bonchev–Trinajstić information content (AvgIpc) is 2.88. The van der Waals surface area contributed by atoms with E-state index in [4.69, 9.17) is 16.3 Å². The quantitative estimate of drug-likeness (QED) is 0.461. The molecule has 2 aliphatic rings. The van der Waals surface area contributed by atoms with Crippen molar-refractivity contribution >= 4 is 23.4 Å². The van der Waals surface area contributed by atoms with E-state index >= 15 is 0 Å². The van der Waals surface area contributed by atoms with Gasteiger partial charge in [-0.05, 0) is 60.2 Å². The van der Waals surface area contributed by atoms with Crippen LogP contribution >= 0.6 is 11.6 Å². The maximum atomic E-state index is 13.6. The van der Waals surface area contributed by atoms with Crippen molar-refractivity contribution in [2.24, 2.45) is 0 Å². The van der Waals surface area contributed by atoms with E-state index in [1.54, 1.807) is 12.4 Å². The van der Waals surface area contributed by atoms with Gasteiger partial charge in [-0.3, -0.25) is 9.78 Å². The maximum Gasteiger partial charge on any atom is 0.337 e. The van der Waals surface area contributed by atoms with Crippen LogP contribution in [0.3, 0.4) is 0 Å². The molecule has 0 amide bonds. The number of nitrogens with one attached hydrogen (secondary N) is 1. The number of halogens is 1. The van der Waals surface area contributed by atoms with Crippen molar-refractivity contribution in [1.29, 1.82) is 0 Å². The SMILES string of the molecule is CC1=C(C(=O)OCc2ccccc2)[C@H](c2ccncc2)C2=C(C[C@H](c3ccc(Cl)cc3)CC2=O)N1. The van der Waals surface area contributed by atoms with Gasteiger partial charge in [-0.15, -0.1) is 0 Å². The molecule has 0 bridgehead atoms. The second-order valence-corrected chi connectivity index (χ2v) is 9.35. The first kappa shape index (κ1) is 23.1. The topological polar surface area (TPSA) is 68.3 Å². The number of dihydropyridines is 1. The van der Waals surface area contributed by atoms with Gasteiger partial charge in [-0.2, -0.15) is 0 Å². The summed E-state index contributed by atoms with van der Waals surface area (Å²) in [6, 6.07) is 20.9. The van der Waals surface area contributed by atoms with Crippen LogP contribution in [-0.4, -0.2) is 16.7 Å². The fraction of sp³-hybridized carbons (Fsp3) is 0.207. The standard InChI is InChI=1S/C29H25ClN2O3/c1-18-26(29(34)35-17-19-5-3-2-4-6-19)27(21-11-13-31-14-12-21)28-24(32-18)15-22(16-25(28)33)20-7-9-23(30)10-8-20/h2-14,22,27,32H,15-17H2,1H3/t22-,27-/m0/s1. The molecular formula is C29H25ClN2O3. The largest absolute Gasteiger partial charge is 0.457 e. The number of nitrogens with zero attached hydrogens (tertiary/aromatic N) is 1. The van der Waals surface area contributed by atoms with E-state index < -0.39 is 11.9 Å². The van der Waals surface area contributed by atoms with Crippen molar-refractivity contribution in [1.82, 2.24) is 10.3 Å². The second-order valence-electron chi connectivity index (χ2n) is 8.91. The van der Waals surface area contributed by atoms with E-state index in [1.165, 1.54) is 0 Å². The molecule has 5 rings (SSSR count). The van der Waals surface area contributed by atoms with Gasteiger partial charge in [0.15, 0.2) is 5.78 Å². The van der Waals surface area contributed by atoms with E-state index in [2.05, 4.69) is 10.3 Å². The molecule has 0 radical (unpaired) electrons. The second kappa shape index (κ2) is 9.88. The molecule has 0 fully saturated rings. The zero-order chi connectivity index (χ0) is 24.4. The lowest BCUT2D eigenvalue weighted by Crippen LogP contribution is -2.36. The number of hydrogen-bond donors (Lipinski definition) is 1. The van der Waals surface area contributed by atoms with Crippen LogP contribution in [-0.2, 0) is 20.9 Å². The molecule has 6 heteroatoms. The Morgan fingerprint density at radius 3 is 2.43 bits per heavy atom. The fourth-order valence-electron chi connectivity index (χ4n) is 4.97. The minimum Gasteiger partial charge on any atom is -0.457 e. The Labute approximate surface area is 209 Å². The van der Waals surface area contributed by atoms with Gasteiger partial charge in [0.2, 0.25) is 0 Å². The molecule has 1 aliphatic carbocycles. The molecule has 2 heterocycles. The summed E-state index contributed by atoms with van der Waals surface area (Å²) >= 11 is 6.06. The Hall–Kier alpha value is -3.70. The number of hydrogen-bond acceptors (Lipinski definition) is 5. The lowest BCUT2D eigenvalue weighted by molar-refractivity contribution is -0.140. The molecule has 1 aromatic heterocycles. The maximum absolute atomic E-state index is 13.6. The van der Waals surface area contributed by atoms with Crippen LogP contribution in [0.4, 0.5) is 0 Å². The Morgan fingerprint density at radius 1 is 1.00 bits per heavy atom. The summed E-state index contributed by atoms with van der Waals surface area (Å²) < 4.78 is 5.71. The first-order valence-electron chi connectivity index (χ1n) is 11.6. The van der Waals surface area contributed by atoms with Crippen molar-refractivity contribution in [3.63, 3.8) is 0 Å². The number of ether oxygens (including phenoxy) is 1. The van der Waals surface area contributed by atoms with Gasteiger partial charge < -0.3 is 10.1 Å². The molecule has 35 heavy (non-hydrogen) atoms. The zero-order valence-electron chi connectivity index (χ0n) is 19.3. The van der Waals surface area contributed by atoms with Crippen molar-refractivity contribution in [2.75, 3.05) is 0 Å². The number of rotatable bonds is 5. The van der Waals surface area contributed by atoms with Gasteiger partial charge in [-0.1, -0.05) is 54.1 Å². The van der Waals surface area contributed by atoms with Crippen LogP contribution in [0.5, 0.6) is 0 Å². The van der Waals surface area contributed by atoms with Gasteiger partial charge in [0, 0.05) is 46.7 Å². The number of pyridine rings is 1. The number of benzene rings is 2. The highest BCUT2D eigenvalue weighted by atomic mass is 35.5. The van der Waals surface area contributed by atoms with Crippen molar-refractivity contribution in [2.45, 2.75) is 38.2 Å². The number of carbonyl (C=O) groups is 2. The van der Waals surface area contributed by atoms with Crippen LogP contribution in [0.25, 0.3) is 0 Å². The Morgan fingerprint density at radius 2 is 1.71 bits per heavy atom. The Balaban J connectivity index is 1.49. The van der Waals surface area contributed by atoms with E-state index in [1.807, 2.05) is 73.7 Å². The number of aromatic nitrogens is 1. The first-order valence-corrected chi connectivity index (χ1v) is 12.0. The molecule has 5 nitrogen and oxygen atoms in total. The number of esters is 1. The molecule has 0 saturated carbocycles. The fourth-order valence-corrected chi connectivity index (χ4v) is 5.10. The van der Waals surface area contributed by atoms with Crippen LogP contribution < -0.4 is 5.32 Å². The Kier molecular flexibility index (Phi) is 6.51. The molecule has 3 aromatic rings. The van der Waals surface area contributed by atoms with Crippen LogP contribution in [0.15, 0.2) is 102 Å². The zero-order valence-corrected chi connectivity index (χ0v) is 20.1. The van der Waals surface area contributed by atoms with E-state index in [9.17, 15) is 9.59 Å². The number of ketones is 1. The molecule has 0 spiro atoms. The summed E-state index contributed by atoms with van der Waals surface area (Å²) in [5.41, 5.74) is 5.49. The molecule has 0 unspecified atom stereocenters. The molecule has 2 atom stereocenters. The highest BCUT2D eigenvalue weighted by Gasteiger charge is 2.41. The third kappa shape index (κ3) is 4.77. The van der Waals surface area contributed by atoms with Crippen LogP contribution in [0.1, 0.15) is 48.3 Å². The van der Waals surface area contributed by atoms with Gasteiger partial charge in [0.1, 0.15) is 6.61 Å². The average molecular weight is 485 g/mol. The summed E-state index contributed by atoms with van der Waals surface area (Å²) in [6.07, 6.45) is 4.41. The summed E-state index contributed by atoms with van der Waals surface area (Å²) in [7, 11) is 0. The predicted molar refractivity (Wildman–Crippen MR) is 135 cm³/mol. The molecule has 2 aromatic carbocycles. The van der Waals surface area contributed by atoms with Crippen molar-refractivity contribution in [3.05, 3.63) is 123 Å². The summed E-state index contributed by atoms with van der Waals surface area (Å²) in [5.74, 6) is -0.860. The minimum absolute atomic E-state index is 0.0290. The van der Waals surface area contributed by atoms with E-state index in [0.29, 0.717) is 34.7 Å². The third-order valence-corrected chi connectivity index (χ3v) is 6.89.